The van der Waals surface area contributed by atoms with Gasteiger partial charge in [0.25, 0.3) is 0 Å². The highest BCUT2D eigenvalue weighted by Gasteiger charge is 2.32. The number of hydrogen-bond donors (Lipinski definition) is 1. The molecule has 0 bridgehead atoms. The predicted octanol–water partition coefficient (Wildman–Crippen LogP) is 3.52. The Bertz CT molecular complexity index is 513. The summed E-state index contributed by atoms with van der Waals surface area (Å²) < 4.78 is 5.49. The lowest BCUT2D eigenvalue weighted by Gasteiger charge is -2.39. The Morgan fingerprint density at radius 1 is 1.43 bits per heavy atom. The molecule has 3 atom stereocenters. The highest BCUT2D eigenvalue weighted by molar-refractivity contribution is 5.68. The Kier molecular flexibility index (Phi) is 5.63. The number of hydrogen-bond acceptors (Lipinski definition) is 4. The zero-order valence-corrected chi connectivity index (χ0v) is 14.9. The molecule has 1 saturated heterocycles. The van der Waals surface area contributed by atoms with Crippen LogP contribution in [0.15, 0.2) is 24.4 Å². The van der Waals surface area contributed by atoms with E-state index < -0.39 is 5.60 Å². The van der Waals surface area contributed by atoms with Crippen LogP contribution in [0.5, 0.6) is 0 Å². The smallest absolute Gasteiger partial charge is 0.410 e. The van der Waals surface area contributed by atoms with Gasteiger partial charge in [-0.05, 0) is 59.6 Å². The lowest BCUT2D eigenvalue weighted by molar-refractivity contribution is 0.00903. The molecule has 1 N–H and O–H groups in total. The van der Waals surface area contributed by atoms with Gasteiger partial charge in [0.2, 0.25) is 0 Å². The van der Waals surface area contributed by atoms with Crippen molar-refractivity contribution in [1.29, 1.82) is 0 Å². The number of nitrogens with zero attached hydrogens (tertiary/aromatic N) is 2. The minimum absolute atomic E-state index is 0.173. The number of piperidine rings is 1. The Morgan fingerprint density at radius 2 is 2.17 bits per heavy atom. The monoisotopic (exact) mass is 319 g/mol. The molecule has 1 aliphatic rings. The third-order valence-electron chi connectivity index (χ3n) is 4.12. The van der Waals surface area contributed by atoms with Gasteiger partial charge in [-0.3, -0.25) is 4.98 Å². The first kappa shape index (κ1) is 17.7. The fourth-order valence-electron chi connectivity index (χ4n) is 2.99. The van der Waals surface area contributed by atoms with E-state index in [1.54, 1.807) is 0 Å². The molecule has 1 fully saturated rings. The van der Waals surface area contributed by atoms with Gasteiger partial charge < -0.3 is 15.0 Å². The van der Waals surface area contributed by atoms with Gasteiger partial charge in [-0.15, -0.1) is 0 Å². The van der Waals surface area contributed by atoms with E-state index in [2.05, 4.69) is 24.1 Å². The van der Waals surface area contributed by atoms with Crippen LogP contribution < -0.4 is 5.32 Å². The van der Waals surface area contributed by atoms with Crippen LogP contribution >= 0.6 is 0 Å². The van der Waals surface area contributed by atoms with Crippen molar-refractivity contribution in [1.82, 2.24) is 15.2 Å². The first-order valence-corrected chi connectivity index (χ1v) is 8.43. The Hall–Kier alpha value is -1.62. The maximum absolute atomic E-state index is 12.2. The van der Waals surface area contributed by atoms with Gasteiger partial charge in [0.1, 0.15) is 5.60 Å². The molecule has 0 saturated carbocycles. The van der Waals surface area contributed by atoms with Crippen molar-refractivity contribution in [2.45, 2.75) is 71.2 Å². The van der Waals surface area contributed by atoms with Crippen LogP contribution in [0.25, 0.3) is 0 Å². The molecule has 1 aliphatic heterocycles. The summed E-state index contributed by atoms with van der Waals surface area (Å²) in [5.74, 6) is 0. The maximum Gasteiger partial charge on any atom is 0.410 e. The van der Waals surface area contributed by atoms with Crippen molar-refractivity contribution in [3.8, 4) is 0 Å². The van der Waals surface area contributed by atoms with Crippen LogP contribution in [0.4, 0.5) is 4.79 Å². The lowest BCUT2D eigenvalue weighted by Crippen LogP contribution is -2.51. The van der Waals surface area contributed by atoms with Gasteiger partial charge in [-0.2, -0.15) is 0 Å². The number of aromatic nitrogens is 1. The molecule has 23 heavy (non-hydrogen) atoms. The van der Waals surface area contributed by atoms with Crippen LogP contribution in [-0.4, -0.2) is 40.2 Å². The summed E-state index contributed by atoms with van der Waals surface area (Å²) in [6.07, 6.45) is 3.47. The Labute approximate surface area is 139 Å². The van der Waals surface area contributed by atoms with Crippen LogP contribution in [0, 0.1) is 0 Å². The number of rotatable bonds is 3. The minimum Gasteiger partial charge on any atom is -0.444 e. The largest absolute Gasteiger partial charge is 0.444 e. The van der Waals surface area contributed by atoms with E-state index in [-0.39, 0.29) is 18.2 Å². The summed E-state index contributed by atoms with van der Waals surface area (Å²) in [4.78, 5) is 18.5. The zero-order valence-electron chi connectivity index (χ0n) is 14.9. The molecule has 128 valence electrons. The van der Waals surface area contributed by atoms with Gasteiger partial charge in [-0.25, -0.2) is 4.79 Å². The van der Waals surface area contributed by atoms with Crippen molar-refractivity contribution in [2.75, 3.05) is 6.54 Å². The normalized spacial score (nSPS) is 23.4. The van der Waals surface area contributed by atoms with E-state index in [1.807, 2.05) is 50.1 Å². The van der Waals surface area contributed by atoms with Crippen molar-refractivity contribution in [2.24, 2.45) is 0 Å². The summed E-state index contributed by atoms with van der Waals surface area (Å²) >= 11 is 0. The molecule has 2 heterocycles. The highest BCUT2D eigenvalue weighted by atomic mass is 16.6. The van der Waals surface area contributed by atoms with E-state index in [0.717, 1.165) is 25.1 Å². The van der Waals surface area contributed by atoms with E-state index in [0.29, 0.717) is 6.04 Å². The van der Waals surface area contributed by atoms with E-state index in [4.69, 9.17) is 4.74 Å². The summed E-state index contributed by atoms with van der Waals surface area (Å²) in [6.45, 7) is 10.6. The van der Waals surface area contributed by atoms with Gasteiger partial charge in [0, 0.05) is 30.9 Å². The molecule has 1 aromatic rings. The predicted molar refractivity (Wildman–Crippen MR) is 91.2 cm³/mol. The molecular formula is C18H29N3O2. The quantitative estimate of drug-likeness (QED) is 0.926. The van der Waals surface area contributed by atoms with Gasteiger partial charge in [-0.1, -0.05) is 6.07 Å². The topological polar surface area (TPSA) is 54.5 Å². The van der Waals surface area contributed by atoms with Crippen molar-refractivity contribution < 1.29 is 9.53 Å². The summed E-state index contributed by atoms with van der Waals surface area (Å²) in [5, 5.41) is 3.63. The second-order valence-electron chi connectivity index (χ2n) is 7.39. The van der Waals surface area contributed by atoms with Crippen LogP contribution in [0.3, 0.4) is 0 Å². The molecule has 5 nitrogen and oxygen atoms in total. The highest BCUT2D eigenvalue weighted by Crippen LogP contribution is 2.22. The number of nitrogens with one attached hydrogen (secondary N) is 1. The number of carbonyl (C=O) groups is 1. The summed E-state index contributed by atoms with van der Waals surface area (Å²) in [5.41, 5.74) is 0.606. The number of ether oxygens (including phenoxy) is 1. The fraction of sp³-hybridized carbons (Fsp3) is 0.667. The van der Waals surface area contributed by atoms with E-state index in [9.17, 15) is 4.79 Å². The van der Waals surface area contributed by atoms with Crippen molar-refractivity contribution >= 4 is 6.09 Å². The molecule has 1 aromatic heterocycles. The second-order valence-corrected chi connectivity index (χ2v) is 7.39. The molecule has 3 unspecified atom stereocenters. The average Bonchev–Trinajstić information content (AvgIpc) is 2.46. The van der Waals surface area contributed by atoms with Gasteiger partial charge in [0.05, 0.1) is 5.69 Å². The number of likely N-dealkylation sites (tertiary alicyclic amines) is 1. The Balaban J connectivity index is 1.87. The maximum atomic E-state index is 12.2. The summed E-state index contributed by atoms with van der Waals surface area (Å²) in [7, 11) is 0. The molecule has 0 spiro atoms. The van der Waals surface area contributed by atoms with Crippen molar-refractivity contribution in [3.05, 3.63) is 30.1 Å². The third-order valence-corrected chi connectivity index (χ3v) is 4.12. The first-order chi connectivity index (χ1) is 10.8. The van der Waals surface area contributed by atoms with Gasteiger partial charge >= 0.3 is 6.09 Å². The molecule has 0 aromatic carbocycles. The van der Waals surface area contributed by atoms with Crippen LogP contribution in [-0.2, 0) is 4.74 Å². The third kappa shape index (κ3) is 5.20. The average molecular weight is 319 g/mol. The second kappa shape index (κ2) is 7.30. The molecule has 1 amide bonds. The van der Waals surface area contributed by atoms with Crippen LogP contribution in [0.2, 0.25) is 0 Å². The standard InChI is InChI=1S/C18H29N3O2/c1-13-12-15(20-14(2)16-8-6-7-10-19-16)9-11-21(13)17(22)23-18(3,4)5/h6-8,10,13-15,20H,9,11-12H2,1-5H3. The van der Waals surface area contributed by atoms with Crippen LogP contribution in [0.1, 0.15) is 59.2 Å². The zero-order chi connectivity index (χ0) is 17.0. The minimum atomic E-state index is -0.445. The fourth-order valence-corrected chi connectivity index (χ4v) is 2.99. The van der Waals surface area contributed by atoms with E-state index >= 15 is 0 Å². The molecule has 0 radical (unpaired) electrons. The molecule has 5 heteroatoms. The molecule has 0 aliphatic carbocycles. The summed E-state index contributed by atoms with van der Waals surface area (Å²) in [6, 6.07) is 6.75. The molecule has 2 rings (SSSR count). The SMILES string of the molecule is CC(NC1CCN(C(=O)OC(C)(C)C)C(C)C1)c1ccccn1. The first-order valence-electron chi connectivity index (χ1n) is 8.43. The van der Waals surface area contributed by atoms with Crippen molar-refractivity contribution in [3.63, 3.8) is 0 Å². The lowest BCUT2D eigenvalue weighted by atomic mass is 9.97. The number of carbonyl (C=O) groups excluding carboxylic acids is 1. The number of pyridine rings is 1. The van der Waals surface area contributed by atoms with Gasteiger partial charge in [0.15, 0.2) is 0 Å². The molecular weight excluding hydrogens is 290 g/mol. The number of amides is 1. The Morgan fingerprint density at radius 3 is 2.74 bits per heavy atom. The van der Waals surface area contributed by atoms with E-state index in [1.165, 1.54) is 0 Å².